The van der Waals surface area contributed by atoms with Crippen LogP contribution in [0.1, 0.15) is 31.2 Å². The number of rotatable bonds is 4. The number of ether oxygens (including phenoxy) is 2. The molecule has 0 saturated carbocycles. The van der Waals surface area contributed by atoms with Crippen molar-refractivity contribution in [2.45, 2.75) is 37.2 Å². The van der Waals surface area contributed by atoms with Crippen molar-refractivity contribution in [2.75, 3.05) is 52.5 Å². The van der Waals surface area contributed by atoms with Gasteiger partial charge in [0.15, 0.2) is 0 Å². The second-order valence-electron chi connectivity index (χ2n) is 7.93. The van der Waals surface area contributed by atoms with Crippen LogP contribution in [-0.2, 0) is 19.7 Å². The number of benzene rings is 1. The van der Waals surface area contributed by atoms with Gasteiger partial charge in [0.1, 0.15) is 0 Å². The lowest BCUT2D eigenvalue weighted by Crippen LogP contribution is -2.56. The van der Waals surface area contributed by atoms with Gasteiger partial charge < -0.3 is 14.4 Å². The van der Waals surface area contributed by atoms with Gasteiger partial charge in [-0.05, 0) is 43.4 Å². The highest BCUT2D eigenvalue weighted by atomic mass is 79.9. The Bertz CT molecular complexity index is 631. The molecule has 3 heterocycles. The fourth-order valence-electron chi connectivity index (χ4n) is 4.63. The molecule has 1 aromatic rings. The number of piperazine rings is 1. The highest BCUT2D eigenvalue weighted by Crippen LogP contribution is 2.37. The summed E-state index contributed by atoms with van der Waals surface area (Å²) in [6.45, 7) is 6.72. The van der Waals surface area contributed by atoms with Crippen LogP contribution < -0.4 is 0 Å². The average molecular weight is 437 g/mol. The molecule has 0 bridgehead atoms. The van der Waals surface area contributed by atoms with E-state index in [0.717, 1.165) is 62.2 Å². The SMILES string of the molecule is O=C(N1CCN(CC2CCCO2)CC1)C1(c2ccc(Br)cc2)CCOCC1. The summed E-state index contributed by atoms with van der Waals surface area (Å²) in [5, 5.41) is 0. The van der Waals surface area contributed by atoms with Crippen LogP contribution in [0.25, 0.3) is 0 Å². The molecule has 3 saturated heterocycles. The molecule has 0 aliphatic carbocycles. The third-order valence-corrected chi connectivity index (χ3v) is 6.83. The van der Waals surface area contributed by atoms with E-state index in [9.17, 15) is 4.79 Å². The minimum Gasteiger partial charge on any atom is -0.381 e. The van der Waals surface area contributed by atoms with E-state index >= 15 is 0 Å². The molecule has 27 heavy (non-hydrogen) atoms. The first-order valence-electron chi connectivity index (χ1n) is 10.1. The third-order valence-electron chi connectivity index (χ3n) is 6.30. The number of hydrogen-bond donors (Lipinski definition) is 0. The maximum atomic E-state index is 13.6. The molecule has 0 spiro atoms. The fourth-order valence-corrected chi connectivity index (χ4v) is 4.89. The van der Waals surface area contributed by atoms with E-state index in [4.69, 9.17) is 9.47 Å². The van der Waals surface area contributed by atoms with E-state index in [1.165, 1.54) is 12.8 Å². The highest BCUT2D eigenvalue weighted by molar-refractivity contribution is 9.10. The number of amides is 1. The monoisotopic (exact) mass is 436 g/mol. The zero-order chi connectivity index (χ0) is 18.7. The van der Waals surface area contributed by atoms with Crippen molar-refractivity contribution in [2.24, 2.45) is 0 Å². The number of carbonyl (C=O) groups is 1. The Morgan fingerprint density at radius 2 is 1.78 bits per heavy atom. The maximum absolute atomic E-state index is 13.6. The Hall–Kier alpha value is -0.950. The first kappa shape index (κ1) is 19.4. The smallest absolute Gasteiger partial charge is 0.233 e. The normalized spacial score (nSPS) is 26.3. The Balaban J connectivity index is 1.43. The quantitative estimate of drug-likeness (QED) is 0.727. The number of carbonyl (C=O) groups excluding carboxylic acids is 1. The zero-order valence-electron chi connectivity index (χ0n) is 15.9. The second-order valence-corrected chi connectivity index (χ2v) is 8.84. The van der Waals surface area contributed by atoms with Gasteiger partial charge in [0.25, 0.3) is 0 Å². The van der Waals surface area contributed by atoms with E-state index < -0.39 is 5.41 Å². The molecular weight excluding hydrogens is 408 g/mol. The molecule has 1 amide bonds. The van der Waals surface area contributed by atoms with Crippen LogP contribution in [0.15, 0.2) is 28.7 Å². The zero-order valence-corrected chi connectivity index (χ0v) is 17.5. The molecule has 3 aliphatic rings. The Kier molecular flexibility index (Phi) is 6.17. The van der Waals surface area contributed by atoms with Gasteiger partial charge in [-0.2, -0.15) is 0 Å². The van der Waals surface area contributed by atoms with Crippen molar-refractivity contribution in [1.29, 1.82) is 0 Å². The van der Waals surface area contributed by atoms with Gasteiger partial charge in [-0.25, -0.2) is 0 Å². The number of nitrogens with zero attached hydrogens (tertiary/aromatic N) is 2. The highest BCUT2D eigenvalue weighted by Gasteiger charge is 2.44. The predicted octanol–water partition coefficient (Wildman–Crippen LogP) is 2.82. The van der Waals surface area contributed by atoms with Crippen molar-refractivity contribution in [3.8, 4) is 0 Å². The van der Waals surface area contributed by atoms with E-state index in [1.807, 2.05) is 12.1 Å². The summed E-state index contributed by atoms with van der Waals surface area (Å²) in [5.41, 5.74) is 0.691. The van der Waals surface area contributed by atoms with E-state index in [-0.39, 0.29) is 5.91 Å². The molecule has 0 radical (unpaired) electrons. The fraction of sp³-hybridized carbons (Fsp3) is 0.667. The Morgan fingerprint density at radius 3 is 2.41 bits per heavy atom. The molecule has 148 valence electrons. The van der Waals surface area contributed by atoms with E-state index in [1.54, 1.807) is 0 Å². The van der Waals surface area contributed by atoms with Crippen molar-refractivity contribution < 1.29 is 14.3 Å². The predicted molar refractivity (Wildman–Crippen MR) is 108 cm³/mol. The standard InChI is InChI=1S/C21H29BrN2O3/c22-18-5-3-17(4-6-18)21(7-14-26-15-8-21)20(25)24-11-9-23(10-12-24)16-19-2-1-13-27-19/h3-6,19H,1-2,7-16H2. The first-order chi connectivity index (χ1) is 13.2. The minimum absolute atomic E-state index is 0.282. The summed E-state index contributed by atoms with van der Waals surface area (Å²) in [5.74, 6) is 0.282. The average Bonchev–Trinajstić information content (AvgIpc) is 3.22. The van der Waals surface area contributed by atoms with Crippen LogP contribution in [0.3, 0.4) is 0 Å². The van der Waals surface area contributed by atoms with Crippen LogP contribution in [-0.4, -0.2) is 74.4 Å². The molecule has 6 heteroatoms. The maximum Gasteiger partial charge on any atom is 0.233 e. The molecule has 1 aromatic carbocycles. The minimum atomic E-state index is -0.435. The summed E-state index contributed by atoms with van der Waals surface area (Å²) in [6.07, 6.45) is 4.27. The second kappa shape index (κ2) is 8.60. The van der Waals surface area contributed by atoms with E-state index in [2.05, 4.69) is 37.9 Å². The summed E-state index contributed by atoms with van der Waals surface area (Å²) in [7, 11) is 0. The lowest BCUT2D eigenvalue weighted by molar-refractivity contribution is -0.143. The molecule has 1 unspecified atom stereocenters. The van der Waals surface area contributed by atoms with Crippen molar-refractivity contribution in [1.82, 2.24) is 9.80 Å². The molecule has 5 nitrogen and oxygen atoms in total. The van der Waals surface area contributed by atoms with Crippen LogP contribution in [0.5, 0.6) is 0 Å². The lowest BCUT2D eigenvalue weighted by atomic mass is 9.73. The van der Waals surface area contributed by atoms with Gasteiger partial charge in [0.05, 0.1) is 11.5 Å². The summed E-state index contributed by atoms with van der Waals surface area (Å²) in [6, 6.07) is 8.28. The van der Waals surface area contributed by atoms with Crippen LogP contribution >= 0.6 is 15.9 Å². The van der Waals surface area contributed by atoms with Crippen LogP contribution in [0.2, 0.25) is 0 Å². The molecule has 3 fully saturated rings. The van der Waals surface area contributed by atoms with Crippen LogP contribution in [0, 0.1) is 0 Å². The lowest BCUT2D eigenvalue weighted by Gasteiger charge is -2.43. The van der Waals surface area contributed by atoms with Gasteiger partial charge in [-0.3, -0.25) is 9.69 Å². The molecular formula is C21H29BrN2O3. The van der Waals surface area contributed by atoms with Crippen molar-refractivity contribution in [3.05, 3.63) is 34.3 Å². The van der Waals surface area contributed by atoms with Crippen molar-refractivity contribution in [3.63, 3.8) is 0 Å². The third kappa shape index (κ3) is 4.24. The van der Waals surface area contributed by atoms with Gasteiger partial charge in [0.2, 0.25) is 5.91 Å². The molecule has 0 aromatic heterocycles. The summed E-state index contributed by atoms with van der Waals surface area (Å²) in [4.78, 5) is 18.2. The number of hydrogen-bond acceptors (Lipinski definition) is 4. The summed E-state index contributed by atoms with van der Waals surface area (Å²) >= 11 is 3.51. The van der Waals surface area contributed by atoms with Crippen LogP contribution in [0.4, 0.5) is 0 Å². The van der Waals surface area contributed by atoms with Gasteiger partial charge in [-0.1, -0.05) is 28.1 Å². The Morgan fingerprint density at radius 1 is 1.07 bits per heavy atom. The summed E-state index contributed by atoms with van der Waals surface area (Å²) < 4.78 is 12.4. The molecule has 1 atom stereocenters. The van der Waals surface area contributed by atoms with E-state index in [0.29, 0.717) is 19.3 Å². The molecule has 3 aliphatic heterocycles. The van der Waals surface area contributed by atoms with Gasteiger partial charge in [-0.15, -0.1) is 0 Å². The van der Waals surface area contributed by atoms with Crippen molar-refractivity contribution >= 4 is 21.8 Å². The molecule has 0 N–H and O–H groups in total. The Labute approximate surface area is 170 Å². The molecule has 4 rings (SSSR count). The largest absolute Gasteiger partial charge is 0.381 e. The number of halogens is 1. The first-order valence-corrected chi connectivity index (χ1v) is 10.9. The topological polar surface area (TPSA) is 42.0 Å². The van der Waals surface area contributed by atoms with Gasteiger partial charge in [0, 0.05) is 57.0 Å². The van der Waals surface area contributed by atoms with Gasteiger partial charge >= 0.3 is 0 Å².